The largest absolute Gasteiger partial charge is 0.492 e. The fraction of sp³-hybridized carbons (Fsp3) is 1.00. The molecule has 0 aliphatic heterocycles. The lowest BCUT2D eigenvalue weighted by atomic mass is 9.91. The molecule has 0 N–H and O–H groups in total. The number of ether oxygens (including phenoxy) is 2. The molecule has 0 saturated carbocycles. The van der Waals surface area contributed by atoms with Crippen molar-refractivity contribution in [3.05, 3.63) is 0 Å². The van der Waals surface area contributed by atoms with Gasteiger partial charge < -0.3 is 27.3 Å². The predicted octanol–water partition coefficient (Wildman–Crippen LogP) is 1.75. The second-order valence-electron chi connectivity index (χ2n) is 3.40. The highest BCUT2D eigenvalue weighted by Gasteiger charge is 2.26. The summed E-state index contributed by atoms with van der Waals surface area (Å²) in [6.45, 7) is 1.15. The molecule has 0 rings (SSSR count). The number of hydrogen-bond acceptors (Lipinski definition) is 3. The molecule has 0 bridgehead atoms. The van der Waals surface area contributed by atoms with E-state index in [2.05, 4.69) is 0 Å². The van der Waals surface area contributed by atoms with Crippen LogP contribution in [0.4, 0.5) is 12.9 Å². The van der Waals surface area contributed by atoms with Gasteiger partial charge in [-0.05, 0) is 20.3 Å². The van der Waals surface area contributed by atoms with Gasteiger partial charge in [-0.15, -0.1) is 0 Å². The minimum absolute atomic E-state index is 0.294. The van der Waals surface area contributed by atoms with Crippen molar-refractivity contribution in [2.75, 3.05) is 46.0 Å². The van der Waals surface area contributed by atoms with Gasteiger partial charge in [0.05, 0.1) is 13.2 Å². The SMILES string of the molecule is CCOCCN(CCOCC)C[B-](F)(F)F. The third-order valence-electron chi connectivity index (χ3n) is 1.98. The summed E-state index contributed by atoms with van der Waals surface area (Å²) in [5.41, 5.74) is 0. The van der Waals surface area contributed by atoms with Crippen LogP contribution in [0.25, 0.3) is 0 Å². The highest BCUT2D eigenvalue weighted by molar-refractivity contribution is 6.58. The number of halogens is 3. The Hall–Kier alpha value is -0.265. The Morgan fingerprint density at radius 2 is 1.38 bits per heavy atom. The number of hydrogen-bond donors (Lipinski definition) is 0. The van der Waals surface area contributed by atoms with Gasteiger partial charge in [0.2, 0.25) is 0 Å². The maximum Gasteiger partial charge on any atom is 0.492 e. The molecular weight excluding hydrogens is 222 g/mol. The third-order valence-corrected chi connectivity index (χ3v) is 1.98. The van der Waals surface area contributed by atoms with E-state index in [0.717, 1.165) is 0 Å². The lowest BCUT2D eigenvalue weighted by Crippen LogP contribution is -2.41. The van der Waals surface area contributed by atoms with Gasteiger partial charge >= 0.3 is 6.98 Å². The van der Waals surface area contributed by atoms with Gasteiger partial charge in [-0.1, -0.05) is 0 Å². The molecule has 16 heavy (non-hydrogen) atoms. The van der Waals surface area contributed by atoms with Crippen LogP contribution in [0.15, 0.2) is 0 Å². The van der Waals surface area contributed by atoms with Gasteiger partial charge in [0.1, 0.15) is 0 Å². The first-order chi connectivity index (χ1) is 7.49. The molecule has 7 heteroatoms. The van der Waals surface area contributed by atoms with Crippen molar-refractivity contribution in [2.24, 2.45) is 0 Å². The molecule has 0 aliphatic carbocycles. The molecule has 0 heterocycles. The zero-order valence-corrected chi connectivity index (χ0v) is 9.92. The van der Waals surface area contributed by atoms with E-state index in [1.54, 1.807) is 0 Å². The topological polar surface area (TPSA) is 21.7 Å². The van der Waals surface area contributed by atoms with Crippen LogP contribution < -0.4 is 0 Å². The fourth-order valence-electron chi connectivity index (χ4n) is 1.26. The van der Waals surface area contributed by atoms with Gasteiger partial charge in [0, 0.05) is 26.3 Å². The Labute approximate surface area is 94.9 Å². The summed E-state index contributed by atoms with van der Waals surface area (Å²) in [7, 11) is 0. The van der Waals surface area contributed by atoms with E-state index >= 15 is 0 Å². The Bertz CT molecular complexity index is 159. The Morgan fingerprint density at radius 1 is 0.938 bits per heavy atom. The monoisotopic (exact) mass is 242 g/mol. The molecule has 98 valence electrons. The zero-order valence-electron chi connectivity index (χ0n) is 9.92. The van der Waals surface area contributed by atoms with Gasteiger partial charge in [0.15, 0.2) is 0 Å². The van der Waals surface area contributed by atoms with E-state index < -0.39 is 13.4 Å². The van der Waals surface area contributed by atoms with Crippen molar-refractivity contribution in [1.82, 2.24) is 4.90 Å². The standard InChI is InChI=1S/C9H20BF3NO2/c1-3-15-7-5-14(6-8-16-4-2)9-10(11,12)13/h3-9H2,1-2H3/q-1. The van der Waals surface area contributed by atoms with Crippen LogP contribution in [-0.4, -0.2) is 57.8 Å². The number of nitrogens with zero attached hydrogens (tertiary/aromatic N) is 1. The van der Waals surface area contributed by atoms with Gasteiger partial charge in [-0.25, -0.2) is 0 Å². The van der Waals surface area contributed by atoms with Crippen molar-refractivity contribution in [3.63, 3.8) is 0 Å². The van der Waals surface area contributed by atoms with Crippen LogP contribution in [-0.2, 0) is 9.47 Å². The molecule has 0 amide bonds. The van der Waals surface area contributed by atoms with Crippen LogP contribution in [0, 0.1) is 0 Å². The molecule has 0 radical (unpaired) electrons. The van der Waals surface area contributed by atoms with Crippen molar-refractivity contribution < 1.29 is 22.4 Å². The Kier molecular flexibility index (Phi) is 8.69. The zero-order chi connectivity index (χ0) is 12.4. The molecule has 0 aromatic heterocycles. The van der Waals surface area contributed by atoms with Crippen LogP contribution in [0.3, 0.4) is 0 Å². The molecule has 0 unspecified atom stereocenters. The minimum atomic E-state index is -4.78. The first-order valence-electron chi connectivity index (χ1n) is 5.58. The highest BCUT2D eigenvalue weighted by Crippen LogP contribution is 2.10. The molecule has 0 spiro atoms. The average Bonchev–Trinajstić information content (AvgIpc) is 2.16. The number of rotatable bonds is 10. The lowest BCUT2D eigenvalue weighted by molar-refractivity contribution is 0.0865. The van der Waals surface area contributed by atoms with E-state index in [1.165, 1.54) is 4.90 Å². The summed E-state index contributed by atoms with van der Waals surface area (Å²) in [6, 6.07) is 0. The van der Waals surface area contributed by atoms with Crippen molar-refractivity contribution >= 4 is 6.98 Å². The summed E-state index contributed by atoms with van der Waals surface area (Å²) in [5.74, 6) is 0. The van der Waals surface area contributed by atoms with Crippen molar-refractivity contribution in [1.29, 1.82) is 0 Å². The minimum Gasteiger partial charge on any atom is -0.448 e. The fourth-order valence-corrected chi connectivity index (χ4v) is 1.26. The molecule has 0 atom stereocenters. The van der Waals surface area contributed by atoms with Gasteiger partial charge in [-0.3, -0.25) is 0 Å². The summed E-state index contributed by atoms with van der Waals surface area (Å²) < 4.78 is 46.9. The predicted molar refractivity (Wildman–Crippen MR) is 58.5 cm³/mol. The Morgan fingerprint density at radius 3 is 1.69 bits per heavy atom. The van der Waals surface area contributed by atoms with E-state index in [1.807, 2.05) is 13.8 Å². The Balaban J connectivity index is 3.85. The second-order valence-corrected chi connectivity index (χ2v) is 3.40. The van der Waals surface area contributed by atoms with Gasteiger partial charge in [0.25, 0.3) is 0 Å². The van der Waals surface area contributed by atoms with Crippen LogP contribution in [0.2, 0.25) is 0 Å². The van der Waals surface area contributed by atoms with Crippen molar-refractivity contribution in [3.8, 4) is 0 Å². The molecule has 0 aliphatic rings. The highest BCUT2D eigenvalue weighted by atomic mass is 19.4. The second kappa shape index (κ2) is 8.84. The first kappa shape index (κ1) is 15.7. The van der Waals surface area contributed by atoms with Crippen LogP contribution >= 0.6 is 0 Å². The van der Waals surface area contributed by atoms with Crippen molar-refractivity contribution in [2.45, 2.75) is 13.8 Å². The molecular formula is C9H20BF3NO2-. The summed E-state index contributed by atoms with van der Waals surface area (Å²) in [6.07, 6.45) is -0.847. The van der Waals surface area contributed by atoms with E-state index in [-0.39, 0.29) is 0 Å². The molecule has 0 fully saturated rings. The van der Waals surface area contributed by atoms with Gasteiger partial charge in [-0.2, -0.15) is 0 Å². The van der Waals surface area contributed by atoms with E-state index in [9.17, 15) is 12.9 Å². The molecule has 3 nitrogen and oxygen atoms in total. The summed E-state index contributed by atoms with van der Waals surface area (Å²) in [4.78, 5) is 1.32. The van der Waals surface area contributed by atoms with E-state index in [4.69, 9.17) is 9.47 Å². The maximum atomic E-state index is 12.3. The van der Waals surface area contributed by atoms with E-state index in [0.29, 0.717) is 39.5 Å². The summed E-state index contributed by atoms with van der Waals surface area (Å²) >= 11 is 0. The molecule has 0 aromatic rings. The average molecular weight is 242 g/mol. The third kappa shape index (κ3) is 10.3. The maximum absolute atomic E-state index is 12.3. The molecule has 0 aromatic carbocycles. The van der Waals surface area contributed by atoms with Crippen LogP contribution in [0.1, 0.15) is 13.8 Å². The normalized spacial score (nSPS) is 12.4. The lowest BCUT2D eigenvalue weighted by Gasteiger charge is -2.27. The smallest absolute Gasteiger partial charge is 0.448 e. The quantitative estimate of drug-likeness (QED) is 0.430. The van der Waals surface area contributed by atoms with Crippen LogP contribution in [0.5, 0.6) is 0 Å². The summed E-state index contributed by atoms with van der Waals surface area (Å²) in [5, 5.41) is 0. The first-order valence-corrected chi connectivity index (χ1v) is 5.58. The molecule has 0 saturated heterocycles.